The molecule has 0 aromatic rings. The summed E-state index contributed by atoms with van der Waals surface area (Å²) in [5.74, 6) is 0.849. The van der Waals surface area contributed by atoms with Gasteiger partial charge in [0.1, 0.15) is 9.84 Å². The highest BCUT2D eigenvalue weighted by Crippen LogP contribution is 2.09. The van der Waals surface area contributed by atoms with Gasteiger partial charge in [0.2, 0.25) is 0 Å². The topological polar surface area (TPSA) is 46.2 Å². The van der Waals surface area contributed by atoms with Crippen LogP contribution in [-0.4, -0.2) is 38.9 Å². The molecule has 1 N–H and O–H groups in total. The van der Waals surface area contributed by atoms with Crippen LogP contribution in [-0.2, 0) is 9.84 Å². The fourth-order valence-corrected chi connectivity index (χ4v) is 2.45. The van der Waals surface area contributed by atoms with Gasteiger partial charge in [-0.2, -0.15) is 0 Å². The van der Waals surface area contributed by atoms with Crippen LogP contribution < -0.4 is 5.32 Å². The Morgan fingerprint density at radius 1 is 1.33 bits per heavy atom. The van der Waals surface area contributed by atoms with Crippen LogP contribution in [0.1, 0.15) is 26.7 Å². The van der Waals surface area contributed by atoms with Crippen molar-refractivity contribution in [3.05, 3.63) is 0 Å². The van der Waals surface area contributed by atoms with E-state index in [4.69, 9.17) is 11.6 Å². The van der Waals surface area contributed by atoms with E-state index < -0.39 is 9.84 Å². The van der Waals surface area contributed by atoms with Crippen LogP contribution in [0.5, 0.6) is 0 Å². The molecular formula is C10H22ClNO2S. The molecule has 0 aliphatic heterocycles. The molecule has 0 amide bonds. The molecule has 0 aliphatic carbocycles. The predicted octanol–water partition coefficient (Wildman–Crippen LogP) is 1.66. The third-order valence-electron chi connectivity index (χ3n) is 1.96. The third-order valence-corrected chi connectivity index (χ3v) is 3.32. The van der Waals surface area contributed by atoms with Gasteiger partial charge in [-0.1, -0.05) is 13.8 Å². The lowest BCUT2D eigenvalue weighted by molar-refractivity contribution is 0.532. The molecule has 0 bridgehead atoms. The maximum Gasteiger partial charge on any atom is 0.147 e. The highest BCUT2D eigenvalue weighted by atomic mass is 35.5. The van der Waals surface area contributed by atoms with Gasteiger partial charge in [-0.15, -0.1) is 11.6 Å². The average Bonchev–Trinajstić information content (AvgIpc) is 1.99. The molecule has 0 aromatic heterocycles. The van der Waals surface area contributed by atoms with Gasteiger partial charge in [0.05, 0.1) is 5.75 Å². The summed E-state index contributed by atoms with van der Waals surface area (Å²) in [7, 11) is -2.82. The summed E-state index contributed by atoms with van der Waals surface area (Å²) in [5.41, 5.74) is 0. The second-order valence-corrected chi connectivity index (χ2v) is 7.29. The Morgan fingerprint density at radius 2 is 1.93 bits per heavy atom. The Morgan fingerprint density at radius 3 is 2.40 bits per heavy atom. The van der Waals surface area contributed by atoms with E-state index in [9.17, 15) is 8.42 Å². The highest BCUT2D eigenvalue weighted by molar-refractivity contribution is 7.90. The van der Waals surface area contributed by atoms with Crippen LogP contribution in [0.25, 0.3) is 0 Å². The SMILES string of the molecule is CC(C)CC(Cl)CNCCCS(C)(=O)=O. The first-order chi connectivity index (χ1) is 6.81. The largest absolute Gasteiger partial charge is 0.315 e. The van der Waals surface area contributed by atoms with Gasteiger partial charge < -0.3 is 5.32 Å². The number of nitrogens with one attached hydrogen (secondary N) is 1. The van der Waals surface area contributed by atoms with Crippen LogP contribution in [0.2, 0.25) is 0 Å². The average molecular weight is 256 g/mol. The molecule has 0 spiro atoms. The number of alkyl halides is 1. The third kappa shape index (κ3) is 12.1. The van der Waals surface area contributed by atoms with E-state index in [1.807, 2.05) is 0 Å². The Balaban J connectivity index is 3.39. The molecule has 0 aromatic carbocycles. The zero-order valence-corrected chi connectivity index (χ0v) is 11.4. The Hall–Kier alpha value is 0.200. The Kier molecular flexibility index (Phi) is 7.57. The molecular weight excluding hydrogens is 234 g/mol. The number of sulfone groups is 1. The Labute approximate surface area is 98.5 Å². The fourth-order valence-electron chi connectivity index (χ4n) is 1.31. The number of halogens is 1. The van der Waals surface area contributed by atoms with E-state index in [0.29, 0.717) is 18.9 Å². The summed E-state index contributed by atoms with van der Waals surface area (Å²) in [6.45, 7) is 5.75. The van der Waals surface area contributed by atoms with E-state index in [2.05, 4.69) is 19.2 Å². The quantitative estimate of drug-likeness (QED) is 0.530. The van der Waals surface area contributed by atoms with E-state index in [0.717, 1.165) is 13.0 Å². The van der Waals surface area contributed by atoms with Crippen LogP contribution in [0.15, 0.2) is 0 Å². The van der Waals surface area contributed by atoms with Crippen LogP contribution in [0.3, 0.4) is 0 Å². The maximum atomic E-state index is 10.8. The van der Waals surface area contributed by atoms with Gasteiger partial charge in [-0.25, -0.2) is 8.42 Å². The van der Waals surface area contributed by atoms with Crippen molar-refractivity contribution in [2.45, 2.75) is 32.1 Å². The van der Waals surface area contributed by atoms with Crippen molar-refractivity contribution in [3.63, 3.8) is 0 Å². The van der Waals surface area contributed by atoms with Gasteiger partial charge in [0.15, 0.2) is 0 Å². The number of hydrogen-bond donors (Lipinski definition) is 1. The minimum absolute atomic E-state index is 0.142. The molecule has 0 heterocycles. The molecule has 92 valence electrons. The smallest absolute Gasteiger partial charge is 0.147 e. The van der Waals surface area contributed by atoms with Gasteiger partial charge in [-0.3, -0.25) is 0 Å². The summed E-state index contributed by atoms with van der Waals surface area (Å²) in [6.07, 6.45) is 2.90. The first-order valence-electron chi connectivity index (χ1n) is 5.34. The molecule has 0 rings (SSSR count). The first-order valence-corrected chi connectivity index (χ1v) is 7.83. The van der Waals surface area contributed by atoms with Gasteiger partial charge >= 0.3 is 0 Å². The van der Waals surface area contributed by atoms with Crippen molar-refractivity contribution in [2.75, 3.05) is 25.1 Å². The van der Waals surface area contributed by atoms with Gasteiger partial charge in [-0.05, 0) is 25.3 Å². The second kappa shape index (κ2) is 7.47. The molecule has 0 radical (unpaired) electrons. The van der Waals surface area contributed by atoms with Gasteiger partial charge in [0.25, 0.3) is 0 Å². The van der Waals surface area contributed by atoms with Crippen molar-refractivity contribution < 1.29 is 8.42 Å². The molecule has 3 nitrogen and oxygen atoms in total. The fraction of sp³-hybridized carbons (Fsp3) is 1.00. The first kappa shape index (κ1) is 15.2. The zero-order chi connectivity index (χ0) is 11.9. The maximum absolute atomic E-state index is 10.8. The summed E-state index contributed by atoms with van der Waals surface area (Å²) in [6, 6.07) is 0. The van der Waals surface area contributed by atoms with E-state index in [1.54, 1.807) is 0 Å². The van der Waals surface area contributed by atoms with E-state index in [-0.39, 0.29) is 11.1 Å². The number of hydrogen-bond acceptors (Lipinski definition) is 3. The van der Waals surface area contributed by atoms with Crippen LogP contribution in [0.4, 0.5) is 0 Å². The summed E-state index contributed by atoms with van der Waals surface area (Å²) >= 11 is 6.06. The molecule has 0 saturated heterocycles. The lowest BCUT2D eigenvalue weighted by atomic mass is 10.1. The molecule has 0 aliphatic rings. The lowest BCUT2D eigenvalue weighted by Crippen LogP contribution is -2.26. The minimum Gasteiger partial charge on any atom is -0.315 e. The molecule has 0 fully saturated rings. The van der Waals surface area contributed by atoms with Crippen molar-refractivity contribution in [1.29, 1.82) is 0 Å². The molecule has 1 unspecified atom stereocenters. The van der Waals surface area contributed by atoms with E-state index in [1.165, 1.54) is 6.26 Å². The second-order valence-electron chi connectivity index (χ2n) is 4.41. The summed E-state index contributed by atoms with van der Waals surface area (Å²) < 4.78 is 21.6. The van der Waals surface area contributed by atoms with Crippen molar-refractivity contribution in [3.8, 4) is 0 Å². The predicted molar refractivity (Wildman–Crippen MR) is 66.3 cm³/mol. The molecule has 15 heavy (non-hydrogen) atoms. The molecule has 1 atom stereocenters. The van der Waals surface area contributed by atoms with Crippen molar-refractivity contribution >= 4 is 21.4 Å². The standard InChI is InChI=1S/C10H22ClNO2S/c1-9(2)7-10(11)8-12-5-4-6-15(3,13)14/h9-10,12H,4-8H2,1-3H3. The molecule has 0 saturated carbocycles. The normalized spacial score (nSPS) is 14.5. The highest BCUT2D eigenvalue weighted by Gasteiger charge is 2.06. The van der Waals surface area contributed by atoms with E-state index >= 15 is 0 Å². The summed E-state index contributed by atoms with van der Waals surface area (Å²) in [4.78, 5) is 0. The Bertz CT molecular complexity index is 252. The molecule has 5 heteroatoms. The van der Waals surface area contributed by atoms with Crippen LogP contribution in [0, 0.1) is 5.92 Å². The van der Waals surface area contributed by atoms with Crippen molar-refractivity contribution in [2.24, 2.45) is 5.92 Å². The van der Waals surface area contributed by atoms with Crippen LogP contribution >= 0.6 is 11.6 Å². The lowest BCUT2D eigenvalue weighted by Gasteiger charge is -2.12. The summed E-state index contributed by atoms with van der Waals surface area (Å²) in [5, 5.41) is 3.31. The zero-order valence-electron chi connectivity index (χ0n) is 9.79. The van der Waals surface area contributed by atoms with Gasteiger partial charge in [0, 0.05) is 18.2 Å². The monoisotopic (exact) mass is 255 g/mol. The number of rotatable bonds is 8. The minimum atomic E-state index is -2.82. The van der Waals surface area contributed by atoms with Crippen molar-refractivity contribution in [1.82, 2.24) is 5.32 Å².